The first-order valence-corrected chi connectivity index (χ1v) is 8.90. The zero-order chi connectivity index (χ0) is 20.6. The quantitative estimate of drug-likeness (QED) is 0.434. The van der Waals surface area contributed by atoms with Crippen LogP contribution >= 0.6 is 0 Å². The second-order valence-electron chi connectivity index (χ2n) is 6.17. The maximum atomic E-state index is 11.3. The van der Waals surface area contributed by atoms with E-state index < -0.39 is 11.9 Å². The van der Waals surface area contributed by atoms with Crippen LogP contribution in [0.25, 0.3) is 11.5 Å². The van der Waals surface area contributed by atoms with Crippen molar-refractivity contribution >= 4 is 23.5 Å². The lowest BCUT2D eigenvalue weighted by Gasteiger charge is -2.11. The number of nitrogens with zero attached hydrogens (tertiary/aromatic N) is 3. The molecule has 29 heavy (non-hydrogen) atoms. The summed E-state index contributed by atoms with van der Waals surface area (Å²) >= 11 is 0. The molecule has 2 heterocycles. The Morgan fingerprint density at radius 1 is 1.00 bits per heavy atom. The zero-order valence-corrected chi connectivity index (χ0v) is 15.5. The van der Waals surface area contributed by atoms with Crippen LogP contribution in [0.5, 0.6) is 0 Å². The summed E-state index contributed by atoms with van der Waals surface area (Å²) < 4.78 is 0. The number of nitrogens with two attached hydrogens (primary N) is 1. The summed E-state index contributed by atoms with van der Waals surface area (Å²) in [6.45, 7) is 0.641. The third-order valence-electron chi connectivity index (χ3n) is 3.95. The van der Waals surface area contributed by atoms with Crippen molar-refractivity contribution in [3.8, 4) is 11.5 Å². The highest BCUT2D eigenvalue weighted by atomic mass is 16.4. The van der Waals surface area contributed by atoms with E-state index in [9.17, 15) is 9.59 Å². The van der Waals surface area contributed by atoms with E-state index in [4.69, 9.17) is 10.8 Å². The van der Waals surface area contributed by atoms with Gasteiger partial charge in [-0.25, -0.2) is 9.97 Å². The molecule has 0 radical (unpaired) electrons. The molecule has 0 spiro atoms. The minimum absolute atomic E-state index is 0.0361. The van der Waals surface area contributed by atoms with Crippen molar-refractivity contribution < 1.29 is 14.7 Å². The van der Waals surface area contributed by atoms with Crippen LogP contribution in [0.1, 0.15) is 22.3 Å². The van der Waals surface area contributed by atoms with Crippen molar-refractivity contribution in [2.45, 2.75) is 13.0 Å². The highest BCUT2D eigenvalue weighted by Gasteiger charge is 2.09. The maximum absolute atomic E-state index is 11.3. The van der Waals surface area contributed by atoms with Gasteiger partial charge in [0.25, 0.3) is 0 Å². The highest BCUT2D eigenvalue weighted by Crippen LogP contribution is 2.19. The number of aromatic nitrogens is 3. The van der Waals surface area contributed by atoms with Crippen molar-refractivity contribution in [1.82, 2.24) is 15.0 Å². The Morgan fingerprint density at radius 3 is 2.48 bits per heavy atom. The fourth-order valence-corrected chi connectivity index (χ4v) is 2.56. The van der Waals surface area contributed by atoms with Crippen LogP contribution in [-0.4, -0.2) is 38.5 Å². The molecule has 1 aromatic carbocycles. The van der Waals surface area contributed by atoms with Crippen LogP contribution in [0.15, 0.2) is 54.7 Å². The number of carbonyl (C=O) groups is 2. The van der Waals surface area contributed by atoms with E-state index in [1.165, 1.54) is 0 Å². The number of benzene rings is 1. The number of carbonyl (C=O) groups excluding carboxylic acids is 1. The number of carboxylic acid groups (broad SMARTS) is 1. The molecule has 9 heteroatoms. The summed E-state index contributed by atoms with van der Waals surface area (Å²) in [7, 11) is 0. The SMILES string of the molecule is NC(=O)c1cccc(CNc2cc(NCCC(=O)O)nc(-c3ccccn3)n2)c1. The fraction of sp³-hybridized carbons (Fsp3) is 0.150. The van der Waals surface area contributed by atoms with Gasteiger partial charge in [-0.05, 0) is 29.8 Å². The Hall–Kier alpha value is -4.01. The van der Waals surface area contributed by atoms with Gasteiger partial charge in [-0.1, -0.05) is 18.2 Å². The van der Waals surface area contributed by atoms with E-state index >= 15 is 0 Å². The molecule has 9 nitrogen and oxygen atoms in total. The Balaban J connectivity index is 1.81. The minimum atomic E-state index is -0.899. The third-order valence-corrected chi connectivity index (χ3v) is 3.95. The number of nitrogens with one attached hydrogen (secondary N) is 2. The summed E-state index contributed by atoms with van der Waals surface area (Å²) in [5, 5.41) is 15.0. The van der Waals surface area contributed by atoms with Gasteiger partial charge in [-0.15, -0.1) is 0 Å². The molecule has 2 aromatic heterocycles. The predicted octanol–water partition coefficient (Wildman–Crippen LogP) is 2.14. The summed E-state index contributed by atoms with van der Waals surface area (Å²) in [5.74, 6) is 0.0259. The van der Waals surface area contributed by atoms with Crippen LogP contribution in [0.4, 0.5) is 11.6 Å². The van der Waals surface area contributed by atoms with Gasteiger partial charge in [0.2, 0.25) is 5.91 Å². The number of anilines is 2. The van der Waals surface area contributed by atoms with E-state index in [1.807, 2.05) is 12.1 Å². The van der Waals surface area contributed by atoms with Gasteiger partial charge in [0.05, 0.1) is 6.42 Å². The Kier molecular flexibility index (Phi) is 6.31. The summed E-state index contributed by atoms with van der Waals surface area (Å²) in [4.78, 5) is 35.3. The molecule has 0 saturated carbocycles. The number of amides is 1. The van der Waals surface area contributed by atoms with Crippen LogP contribution in [0.2, 0.25) is 0 Å². The Bertz CT molecular complexity index is 1010. The standard InChI is InChI=1S/C20H20N6O3/c21-19(29)14-5-3-4-13(10-14)12-24-17-11-16(23-9-7-18(27)28)25-20(26-17)15-6-1-2-8-22-15/h1-6,8,10-11H,7,9,12H2,(H2,21,29)(H,27,28)(H2,23,24,25,26). The molecule has 0 unspecified atom stereocenters. The lowest BCUT2D eigenvalue weighted by atomic mass is 10.1. The molecule has 0 aliphatic rings. The van der Waals surface area contributed by atoms with Crippen molar-refractivity contribution in [2.24, 2.45) is 5.73 Å². The smallest absolute Gasteiger partial charge is 0.305 e. The Labute approximate surface area is 167 Å². The van der Waals surface area contributed by atoms with Crippen molar-refractivity contribution in [2.75, 3.05) is 17.2 Å². The van der Waals surface area contributed by atoms with Gasteiger partial charge in [-0.2, -0.15) is 0 Å². The molecular weight excluding hydrogens is 372 g/mol. The number of primary amides is 1. The number of hydrogen-bond acceptors (Lipinski definition) is 7. The fourth-order valence-electron chi connectivity index (χ4n) is 2.56. The van der Waals surface area contributed by atoms with Crippen molar-refractivity contribution in [1.29, 1.82) is 0 Å². The van der Waals surface area contributed by atoms with Gasteiger partial charge in [0.15, 0.2) is 5.82 Å². The molecule has 148 valence electrons. The average molecular weight is 392 g/mol. The first-order chi connectivity index (χ1) is 14.0. The van der Waals surface area contributed by atoms with E-state index in [0.717, 1.165) is 5.56 Å². The largest absolute Gasteiger partial charge is 0.481 e. The summed E-state index contributed by atoms with van der Waals surface area (Å²) in [6, 6.07) is 14.1. The lowest BCUT2D eigenvalue weighted by Crippen LogP contribution is -2.12. The molecule has 5 N–H and O–H groups in total. The molecule has 0 bridgehead atoms. The molecule has 0 saturated heterocycles. The monoisotopic (exact) mass is 392 g/mol. The highest BCUT2D eigenvalue weighted by molar-refractivity contribution is 5.92. The van der Waals surface area contributed by atoms with Crippen molar-refractivity contribution in [3.63, 3.8) is 0 Å². The number of rotatable bonds is 9. The molecular formula is C20H20N6O3. The molecule has 0 fully saturated rings. The molecule has 0 aliphatic carbocycles. The third kappa shape index (κ3) is 5.73. The number of hydrogen-bond donors (Lipinski definition) is 4. The van der Waals surface area contributed by atoms with Crippen LogP contribution < -0.4 is 16.4 Å². The summed E-state index contributed by atoms with van der Waals surface area (Å²) in [5.41, 5.74) is 7.20. The molecule has 0 atom stereocenters. The summed E-state index contributed by atoms with van der Waals surface area (Å²) in [6.07, 6.45) is 1.61. The van der Waals surface area contributed by atoms with E-state index in [2.05, 4.69) is 25.6 Å². The van der Waals surface area contributed by atoms with Gasteiger partial charge < -0.3 is 21.5 Å². The Morgan fingerprint density at radius 2 is 1.79 bits per heavy atom. The van der Waals surface area contributed by atoms with Gasteiger partial charge >= 0.3 is 5.97 Å². The van der Waals surface area contributed by atoms with Crippen molar-refractivity contribution in [3.05, 3.63) is 65.9 Å². The van der Waals surface area contributed by atoms with E-state index in [-0.39, 0.29) is 13.0 Å². The average Bonchev–Trinajstić information content (AvgIpc) is 2.73. The number of pyridine rings is 1. The first-order valence-electron chi connectivity index (χ1n) is 8.90. The second-order valence-corrected chi connectivity index (χ2v) is 6.17. The second kappa shape index (κ2) is 9.27. The number of carboxylic acids is 1. The van der Waals surface area contributed by atoms with Gasteiger partial charge in [0, 0.05) is 30.9 Å². The van der Waals surface area contributed by atoms with Gasteiger partial charge in [-0.3, -0.25) is 14.6 Å². The van der Waals surface area contributed by atoms with Crippen LogP contribution in [-0.2, 0) is 11.3 Å². The topological polar surface area (TPSA) is 143 Å². The molecule has 0 aliphatic heterocycles. The van der Waals surface area contributed by atoms with Gasteiger partial charge in [0.1, 0.15) is 17.3 Å². The predicted molar refractivity (Wildman–Crippen MR) is 108 cm³/mol. The molecule has 3 rings (SSSR count). The zero-order valence-electron chi connectivity index (χ0n) is 15.5. The van der Waals surface area contributed by atoms with Crippen LogP contribution in [0.3, 0.4) is 0 Å². The minimum Gasteiger partial charge on any atom is -0.481 e. The van der Waals surface area contributed by atoms with E-state index in [0.29, 0.717) is 35.3 Å². The normalized spacial score (nSPS) is 10.3. The molecule has 1 amide bonds. The van der Waals surface area contributed by atoms with E-state index in [1.54, 1.807) is 42.6 Å². The first kappa shape index (κ1) is 19.7. The van der Waals surface area contributed by atoms with Crippen LogP contribution in [0, 0.1) is 0 Å². The number of aliphatic carboxylic acids is 1. The lowest BCUT2D eigenvalue weighted by molar-refractivity contribution is -0.136. The maximum Gasteiger partial charge on any atom is 0.305 e. The molecule has 3 aromatic rings.